The summed E-state index contributed by atoms with van der Waals surface area (Å²) in [6, 6.07) is 0.679. The van der Waals surface area contributed by atoms with Crippen molar-refractivity contribution in [2.75, 3.05) is 13.2 Å². The second kappa shape index (κ2) is 10.6. The van der Waals surface area contributed by atoms with Crippen LogP contribution in [-0.2, 0) is 4.74 Å². The minimum absolute atomic E-state index is 0.120. The van der Waals surface area contributed by atoms with Gasteiger partial charge in [-0.2, -0.15) is 0 Å². The molecule has 0 amide bonds. The highest BCUT2D eigenvalue weighted by Crippen LogP contribution is 2.27. The Kier molecular flexibility index (Phi) is 9.54. The van der Waals surface area contributed by atoms with Gasteiger partial charge in [-0.25, -0.2) is 0 Å². The first-order valence-corrected chi connectivity index (χ1v) is 9.07. The van der Waals surface area contributed by atoms with Crippen LogP contribution in [0.1, 0.15) is 91.4 Å². The molecule has 1 aliphatic heterocycles. The summed E-state index contributed by atoms with van der Waals surface area (Å²) in [7, 11) is 0. The number of nitrogens with one attached hydrogen (secondary N) is 1. The Hall–Kier alpha value is -0.0800. The van der Waals surface area contributed by atoms with Gasteiger partial charge in [-0.15, -0.1) is 0 Å². The van der Waals surface area contributed by atoms with Crippen LogP contribution >= 0.6 is 0 Å². The molecule has 0 aromatic heterocycles. The summed E-state index contributed by atoms with van der Waals surface area (Å²) in [5.41, 5.74) is 0.120. The van der Waals surface area contributed by atoms with Crippen LogP contribution < -0.4 is 5.32 Å². The molecular weight excluding hydrogens is 246 g/mol. The second-order valence-corrected chi connectivity index (χ2v) is 6.77. The molecule has 1 rings (SSSR count). The topological polar surface area (TPSA) is 21.3 Å². The van der Waals surface area contributed by atoms with E-state index in [1.165, 1.54) is 70.8 Å². The fourth-order valence-corrected chi connectivity index (χ4v) is 3.12. The Morgan fingerprint density at radius 1 is 1.00 bits per heavy atom. The van der Waals surface area contributed by atoms with Crippen LogP contribution in [0.15, 0.2) is 0 Å². The van der Waals surface area contributed by atoms with Crippen molar-refractivity contribution in [1.82, 2.24) is 5.32 Å². The van der Waals surface area contributed by atoms with Gasteiger partial charge in [-0.1, -0.05) is 58.8 Å². The van der Waals surface area contributed by atoms with E-state index in [1.54, 1.807) is 0 Å². The van der Waals surface area contributed by atoms with Gasteiger partial charge >= 0.3 is 0 Å². The normalized spacial score (nSPS) is 26.9. The lowest BCUT2D eigenvalue weighted by atomic mass is 9.90. The third kappa shape index (κ3) is 7.64. The predicted molar refractivity (Wildman–Crippen MR) is 88.3 cm³/mol. The molecule has 1 N–H and O–H groups in total. The van der Waals surface area contributed by atoms with Gasteiger partial charge in [0.15, 0.2) is 0 Å². The van der Waals surface area contributed by atoms with E-state index >= 15 is 0 Å². The smallest absolute Gasteiger partial charge is 0.0666 e. The van der Waals surface area contributed by atoms with Crippen molar-refractivity contribution in [2.24, 2.45) is 0 Å². The molecule has 0 bridgehead atoms. The first-order chi connectivity index (χ1) is 9.70. The number of unbranched alkanes of at least 4 members (excludes halogenated alkanes) is 7. The van der Waals surface area contributed by atoms with Gasteiger partial charge in [0, 0.05) is 12.6 Å². The third-order valence-corrected chi connectivity index (χ3v) is 4.81. The molecule has 120 valence electrons. The summed E-state index contributed by atoms with van der Waals surface area (Å²) in [5.74, 6) is 0. The molecule has 1 fully saturated rings. The molecule has 0 spiro atoms. The summed E-state index contributed by atoms with van der Waals surface area (Å²) in [4.78, 5) is 0. The molecule has 0 aromatic carbocycles. The van der Waals surface area contributed by atoms with Crippen LogP contribution in [-0.4, -0.2) is 24.8 Å². The Balaban J connectivity index is 1.93. The van der Waals surface area contributed by atoms with E-state index in [0.29, 0.717) is 6.04 Å². The maximum Gasteiger partial charge on any atom is 0.0666 e. The van der Waals surface area contributed by atoms with Gasteiger partial charge in [0.25, 0.3) is 0 Å². The van der Waals surface area contributed by atoms with E-state index in [4.69, 9.17) is 4.74 Å². The van der Waals surface area contributed by atoms with Crippen molar-refractivity contribution >= 4 is 0 Å². The molecule has 0 radical (unpaired) electrons. The van der Waals surface area contributed by atoms with Gasteiger partial charge in [-0.05, 0) is 39.2 Å². The lowest BCUT2D eigenvalue weighted by Crippen LogP contribution is -2.45. The Morgan fingerprint density at radius 2 is 1.65 bits per heavy atom. The van der Waals surface area contributed by atoms with Crippen LogP contribution in [0.25, 0.3) is 0 Å². The monoisotopic (exact) mass is 283 g/mol. The van der Waals surface area contributed by atoms with Gasteiger partial charge in [-0.3, -0.25) is 0 Å². The molecule has 1 heterocycles. The molecule has 1 aliphatic rings. The standard InChI is InChI=1S/C18H37NO/c1-4-6-7-8-9-10-11-12-14-19-17-13-15-20-18(3,5-2)16-17/h17,19H,4-16H2,1-3H3. The first-order valence-electron chi connectivity index (χ1n) is 9.07. The minimum Gasteiger partial charge on any atom is -0.375 e. The highest BCUT2D eigenvalue weighted by molar-refractivity contribution is 4.85. The molecule has 1 saturated heterocycles. The van der Waals surface area contributed by atoms with Crippen LogP contribution in [0.4, 0.5) is 0 Å². The largest absolute Gasteiger partial charge is 0.375 e. The van der Waals surface area contributed by atoms with E-state index in [0.717, 1.165) is 13.0 Å². The van der Waals surface area contributed by atoms with Crippen molar-refractivity contribution in [3.05, 3.63) is 0 Å². The van der Waals surface area contributed by atoms with Crippen LogP contribution in [0.2, 0.25) is 0 Å². The zero-order valence-electron chi connectivity index (χ0n) is 14.2. The molecular formula is C18H37NO. The molecule has 0 saturated carbocycles. The fourth-order valence-electron chi connectivity index (χ4n) is 3.12. The van der Waals surface area contributed by atoms with Crippen molar-refractivity contribution in [3.8, 4) is 0 Å². The van der Waals surface area contributed by atoms with E-state index in [-0.39, 0.29) is 5.60 Å². The summed E-state index contributed by atoms with van der Waals surface area (Å²) >= 11 is 0. The van der Waals surface area contributed by atoms with Crippen LogP contribution in [0, 0.1) is 0 Å². The zero-order valence-corrected chi connectivity index (χ0v) is 14.2. The fraction of sp³-hybridized carbons (Fsp3) is 1.00. The summed E-state index contributed by atoms with van der Waals surface area (Å²) in [6.45, 7) is 8.91. The predicted octanol–water partition coefficient (Wildman–Crippen LogP) is 5.06. The van der Waals surface area contributed by atoms with E-state index in [9.17, 15) is 0 Å². The van der Waals surface area contributed by atoms with Gasteiger partial charge in [0.05, 0.1) is 5.60 Å². The lowest BCUT2D eigenvalue weighted by molar-refractivity contribution is -0.0778. The van der Waals surface area contributed by atoms with Crippen molar-refractivity contribution in [2.45, 2.75) is 103 Å². The third-order valence-electron chi connectivity index (χ3n) is 4.81. The number of rotatable bonds is 11. The quantitative estimate of drug-likeness (QED) is 0.535. The molecule has 0 aromatic rings. The van der Waals surface area contributed by atoms with Gasteiger partial charge in [0.1, 0.15) is 0 Å². The highest BCUT2D eigenvalue weighted by Gasteiger charge is 2.30. The number of hydrogen-bond donors (Lipinski definition) is 1. The van der Waals surface area contributed by atoms with Crippen LogP contribution in [0.5, 0.6) is 0 Å². The van der Waals surface area contributed by atoms with E-state index in [2.05, 4.69) is 26.1 Å². The number of ether oxygens (including phenoxy) is 1. The van der Waals surface area contributed by atoms with Gasteiger partial charge in [0.2, 0.25) is 0 Å². The number of hydrogen-bond acceptors (Lipinski definition) is 2. The average molecular weight is 284 g/mol. The SMILES string of the molecule is CCCCCCCCCCNC1CCOC(C)(CC)C1. The Morgan fingerprint density at radius 3 is 2.30 bits per heavy atom. The summed E-state index contributed by atoms with van der Waals surface area (Å²) in [5, 5.41) is 3.74. The van der Waals surface area contributed by atoms with Crippen molar-refractivity contribution < 1.29 is 4.74 Å². The average Bonchev–Trinajstić information content (AvgIpc) is 2.46. The maximum atomic E-state index is 5.90. The molecule has 0 aliphatic carbocycles. The van der Waals surface area contributed by atoms with Crippen molar-refractivity contribution in [3.63, 3.8) is 0 Å². The summed E-state index contributed by atoms with van der Waals surface area (Å²) in [6.07, 6.45) is 14.7. The summed E-state index contributed by atoms with van der Waals surface area (Å²) < 4.78 is 5.90. The molecule has 2 unspecified atom stereocenters. The molecule has 20 heavy (non-hydrogen) atoms. The Bertz CT molecular complexity index is 231. The minimum atomic E-state index is 0.120. The molecule has 2 atom stereocenters. The van der Waals surface area contributed by atoms with E-state index in [1.807, 2.05) is 0 Å². The maximum absolute atomic E-state index is 5.90. The highest BCUT2D eigenvalue weighted by atomic mass is 16.5. The van der Waals surface area contributed by atoms with Gasteiger partial charge < -0.3 is 10.1 Å². The Labute approximate surface area is 127 Å². The molecule has 2 heteroatoms. The second-order valence-electron chi connectivity index (χ2n) is 6.77. The van der Waals surface area contributed by atoms with Crippen molar-refractivity contribution in [1.29, 1.82) is 0 Å². The molecule has 2 nitrogen and oxygen atoms in total. The van der Waals surface area contributed by atoms with E-state index < -0.39 is 0 Å². The van der Waals surface area contributed by atoms with Crippen LogP contribution in [0.3, 0.4) is 0 Å². The first kappa shape index (κ1) is 18.0. The lowest BCUT2D eigenvalue weighted by Gasteiger charge is -2.38. The zero-order chi connectivity index (χ0) is 14.7.